The van der Waals surface area contributed by atoms with E-state index in [1.165, 1.54) is 0 Å². The summed E-state index contributed by atoms with van der Waals surface area (Å²) < 4.78 is 22.9. The number of methoxy groups -OCH3 is 2. The van der Waals surface area contributed by atoms with Crippen LogP contribution in [0, 0.1) is 0 Å². The third-order valence-corrected chi connectivity index (χ3v) is 6.57. The molecule has 0 aliphatic carbocycles. The molecular weight excluding hydrogens is 462 g/mol. The highest BCUT2D eigenvalue weighted by Gasteiger charge is 2.23. The van der Waals surface area contributed by atoms with Crippen LogP contribution in [0.25, 0.3) is 10.9 Å². The minimum absolute atomic E-state index is 0.162. The molecule has 0 bridgehead atoms. The Morgan fingerprint density at radius 1 is 1.18 bits per heavy atom. The van der Waals surface area contributed by atoms with Crippen LogP contribution in [0.15, 0.2) is 46.5 Å². The molecule has 10 heteroatoms. The van der Waals surface area contributed by atoms with Crippen molar-refractivity contribution in [2.75, 3.05) is 40.6 Å². The number of thioether (sulfide) groups is 1. The predicted molar refractivity (Wildman–Crippen MR) is 133 cm³/mol. The minimum Gasteiger partial charge on any atom is -0.483 e. The number of H-pyrrole nitrogens is 1. The van der Waals surface area contributed by atoms with E-state index >= 15 is 0 Å². The van der Waals surface area contributed by atoms with Crippen molar-refractivity contribution in [2.24, 2.45) is 4.99 Å². The highest BCUT2D eigenvalue weighted by Crippen LogP contribution is 2.36. The Hall–Kier alpha value is -2.24. The fourth-order valence-corrected chi connectivity index (χ4v) is 4.75. The van der Waals surface area contributed by atoms with Gasteiger partial charge in [0.05, 0.1) is 42.2 Å². The number of nitrogens with zero attached hydrogens (tertiary/aromatic N) is 2. The minimum atomic E-state index is -0.289. The third kappa shape index (κ3) is 6.01. The smallest absolute Gasteiger partial charge is 0.147 e. The number of aliphatic hydroxyl groups is 1. The number of hydrogen-bond acceptors (Lipinski definition) is 9. The van der Waals surface area contributed by atoms with Crippen LogP contribution in [0.2, 0.25) is 0 Å². The second-order valence-electron chi connectivity index (χ2n) is 7.57. The molecule has 1 aliphatic heterocycles. The summed E-state index contributed by atoms with van der Waals surface area (Å²) in [7, 11) is 3.26. The maximum absolute atomic E-state index is 9.24. The summed E-state index contributed by atoms with van der Waals surface area (Å²) in [4.78, 5) is 12.3. The molecule has 0 spiro atoms. The van der Waals surface area contributed by atoms with Crippen molar-refractivity contribution in [1.82, 2.24) is 9.97 Å². The van der Waals surface area contributed by atoms with Gasteiger partial charge in [-0.3, -0.25) is 4.99 Å². The number of benzene rings is 1. The van der Waals surface area contributed by atoms with Crippen molar-refractivity contribution in [1.29, 1.82) is 0 Å². The summed E-state index contributed by atoms with van der Waals surface area (Å²) in [5.41, 5.74) is 1.75. The number of ether oxygens (including phenoxy) is 4. The Morgan fingerprint density at radius 3 is 2.70 bits per heavy atom. The molecule has 2 aromatic heterocycles. The van der Waals surface area contributed by atoms with Gasteiger partial charge in [0.15, 0.2) is 0 Å². The predicted octanol–water partition coefficient (Wildman–Crippen LogP) is 3.93. The van der Waals surface area contributed by atoms with E-state index in [2.05, 4.69) is 27.6 Å². The Kier molecular flexibility index (Phi) is 8.15. The van der Waals surface area contributed by atoms with Gasteiger partial charge in [0.25, 0.3) is 0 Å². The second kappa shape index (κ2) is 11.3. The van der Waals surface area contributed by atoms with Crippen LogP contribution < -0.4 is 9.47 Å². The largest absolute Gasteiger partial charge is 0.483 e. The first-order chi connectivity index (χ1) is 16.1. The molecule has 0 saturated heterocycles. The van der Waals surface area contributed by atoms with Gasteiger partial charge in [0.2, 0.25) is 0 Å². The first-order valence-electron chi connectivity index (χ1n) is 10.6. The van der Waals surface area contributed by atoms with Gasteiger partial charge in [-0.1, -0.05) is 11.8 Å². The first-order valence-corrected chi connectivity index (χ1v) is 11.9. The lowest BCUT2D eigenvalue weighted by atomic mass is 10.2. The third-order valence-electron chi connectivity index (χ3n) is 5.02. The molecule has 0 amide bonds. The molecule has 3 aromatic rings. The van der Waals surface area contributed by atoms with E-state index in [0.717, 1.165) is 28.1 Å². The Bertz CT molecular complexity index is 1100. The summed E-state index contributed by atoms with van der Waals surface area (Å²) in [6.45, 7) is 1.63. The van der Waals surface area contributed by atoms with Crippen LogP contribution in [0.4, 0.5) is 0 Å². The number of aromatic nitrogens is 2. The average molecular weight is 490 g/mol. The molecule has 8 nitrogen and oxygen atoms in total. The van der Waals surface area contributed by atoms with E-state index in [1.807, 2.05) is 24.3 Å². The van der Waals surface area contributed by atoms with Crippen molar-refractivity contribution >= 4 is 40.3 Å². The van der Waals surface area contributed by atoms with E-state index in [9.17, 15) is 5.11 Å². The van der Waals surface area contributed by atoms with Gasteiger partial charge >= 0.3 is 0 Å². The number of nitrogens with one attached hydrogen (secondary N) is 1. The van der Waals surface area contributed by atoms with Gasteiger partial charge in [-0.05, 0) is 30.7 Å². The van der Waals surface area contributed by atoms with Crippen LogP contribution in [0.5, 0.6) is 17.2 Å². The molecule has 1 aromatic carbocycles. The van der Waals surface area contributed by atoms with Gasteiger partial charge in [-0.25, -0.2) is 4.98 Å². The Morgan fingerprint density at radius 2 is 2.00 bits per heavy atom. The van der Waals surface area contributed by atoms with Crippen molar-refractivity contribution in [2.45, 2.75) is 22.8 Å². The van der Waals surface area contributed by atoms with Crippen molar-refractivity contribution in [3.05, 3.63) is 42.2 Å². The molecule has 1 atom stereocenters. The van der Waals surface area contributed by atoms with Crippen molar-refractivity contribution in [3.63, 3.8) is 0 Å². The number of thiol groups is 1. The fourth-order valence-electron chi connectivity index (χ4n) is 3.55. The number of pyridine rings is 1. The maximum Gasteiger partial charge on any atom is 0.147 e. The molecule has 0 saturated carbocycles. The summed E-state index contributed by atoms with van der Waals surface area (Å²) in [5, 5.41) is 12.0. The average Bonchev–Trinajstić information content (AvgIpc) is 3.43. The zero-order chi connectivity index (χ0) is 23.2. The van der Waals surface area contributed by atoms with Crippen LogP contribution in [-0.2, 0) is 9.47 Å². The second-order valence-corrected chi connectivity index (χ2v) is 9.32. The van der Waals surface area contributed by atoms with E-state index in [0.29, 0.717) is 47.3 Å². The summed E-state index contributed by atoms with van der Waals surface area (Å²) in [6.07, 6.45) is 2.06. The zero-order valence-corrected chi connectivity index (χ0v) is 20.2. The lowest BCUT2D eigenvalue weighted by molar-refractivity contribution is 0.0251. The van der Waals surface area contributed by atoms with Crippen LogP contribution >= 0.6 is 24.4 Å². The molecule has 2 N–H and O–H groups in total. The van der Waals surface area contributed by atoms with Gasteiger partial charge in [0.1, 0.15) is 28.4 Å². The lowest BCUT2D eigenvalue weighted by Crippen LogP contribution is -2.27. The molecule has 0 radical (unpaired) electrons. The van der Waals surface area contributed by atoms with E-state index in [4.69, 9.17) is 18.9 Å². The normalized spacial score (nSPS) is 15.9. The Labute approximate surface area is 202 Å². The summed E-state index contributed by atoms with van der Waals surface area (Å²) in [5.74, 6) is 1.84. The standard InChI is InChI=1S/C23H27N3O5S2/c1-28-12-17(13-29-2)31-20-9-16(30-15-3-4-21(32)24-10-15)7-14-8-19(26-22(14)20)23-25-11-18(33-23)5-6-27/h3-4,7-10,17-18,26-27H,5-6,11-13H2,1-2H3,(H,24,32). The first kappa shape index (κ1) is 23.9. The number of fused-ring (bicyclic) bond motifs is 1. The maximum atomic E-state index is 9.24. The van der Waals surface area contributed by atoms with Crippen molar-refractivity contribution < 1.29 is 24.1 Å². The molecular formula is C23H27N3O5S2. The highest BCUT2D eigenvalue weighted by molar-refractivity contribution is 8.15. The lowest BCUT2D eigenvalue weighted by Gasteiger charge is -2.19. The molecule has 3 heterocycles. The highest BCUT2D eigenvalue weighted by atomic mass is 32.2. The molecule has 1 unspecified atom stereocenters. The summed E-state index contributed by atoms with van der Waals surface area (Å²) in [6, 6.07) is 9.41. The van der Waals surface area contributed by atoms with Gasteiger partial charge in [-0.2, -0.15) is 0 Å². The van der Waals surface area contributed by atoms with Gasteiger partial charge in [-0.15, -0.1) is 12.6 Å². The SMILES string of the molecule is COCC(COC)Oc1cc(Oc2ccc(S)nc2)cc2cc(C3=NCC(CCO)S3)[nH]c12. The van der Waals surface area contributed by atoms with Crippen LogP contribution in [0.3, 0.4) is 0 Å². The number of hydrogen-bond donors (Lipinski definition) is 3. The molecule has 4 rings (SSSR count). The van der Waals surface area contributed by atoms with Crippen LogP contribution in [0.1, 0.15) is 12.1 Å². The number of aliphatic hydroxyl groups excluding tert-OH is 1. The van der Waals surface area contributed by atoms with E-state index in [1.54, 1.807) is 38.2 Å². The van der Waals surface area contributed by atoms with Gasteiger partial charge < -0.3 is 29.0 Å². The monoisotopic (exact) mass is 489 g/mol. The van der Waals surface area contributed by atoms with Gasteiger partial charge in [0, 0.05) is 37.5 Å². The molecule has 1 aliphatic rings. The van der Waals surface area contributed by atoms with Crippen molar-refractivity contribution in [3.8, 4) is 17.2 Å². The number of rotatable bonds is 11. The molecule has 176 valence electrons. The zero-order valence-electron chi connectivity index (χ0n) is 18.5. The van der Waals surface area contributed by atoms with E-state index < -0.39 is 0 Å². The summed E-state index contributed by atoms with van der Waals surface area (Å²) >= 11 is 5.90. The number of aromatic amines is 1. The van der Waals surface area contributed by atoms with Crippen LogP contribution in [-0.4, -0.2) is 72.1 Å². The molecule has 0 fully saturated rings. The quantitative estimate of drug-likeness (QED) is 0.351. The number of aliphatic imine (C=N–C) groups is 1. The topological polar surface area (TPSA) is 98.2 Å². The Balaban J connectivity index is 1.68. The van der Waals surface area contributed by atoms with E-state index in [-0.39, 0.29) is 12.7 Å². The molecule has 33 heavy (non-hydrogen) atoms. The fraction of sp³-hybridized carbons (Fsp3) is 0.391.